The molecule has 0 amide bonds. The molecule has 0 bridgehead atoms. The van der Waals surface area contributed by atoms with Gasteiger partial charge in [-0.1, -0.05) is 23.8 Å². The Morgan fingerprint density at radius 1 is 1.41 bits per heavy atom. The molecule has 3 rings (SSSR count). The van der Waals surface area contributed by atoms with E-state index in [2.05, 4.69) is 40.9 Å². The Morgan fingerprint density at radius 2 is 2.24 bits per heavy atom. The topological polar surface area (TPSA) is 43.8 Å². The van der Waals surface area contributed by atoms with E-state index in [1.807, 2.05) is 6.07 Å². The number of hydrogen-bond acceptors (Lipinski definition) is 2. The van der Waals surface area contributed by atoms with Crippen LogP contribution in [0.1, 0.15) is 18.7 Å². The summed E-state index contributed by atoms with van der Waals surface area (Å²) in [5.74, 6) is 1.13. The van der Waals surface area contributed by atoms with Gasteiger partial charge in [0.05, 0.1) is 11.0 Å². The van der Waals surface area contributed by atoms with E-state index in [9.17, 15) is 0 Å². The Balaban J connectivity index is 1.95. The molecule has 3 nitrogen and oxygen atoms in total. The van der Waals surface area contributed by atoms with E-state index in [-0.39, 0.29) is 6.04 Å². The van der Waals surface area contributed by atoms with Gasteiger partial charge in [0.1, 0.15) is 5.82 Å². The predicted molar refractivity (Wildman–Crippen MR) is 69.7 cm³/mol. The molecular formula is C14H17N3. The fraction of sp³-hybridized carbons (Fsp3) is 0.357. The third kappa shape index (κ3) is 1.87. The third-order valence-electron chi connectivity index (χ3n) is 3.51. The van der Waals surface area contributed by atoms with Gasteiger partial charge in [-0.15, -0.1) is 0 Å². The smallest absolute Gasteiger partial charge is 0.113 e. The van der Waals surface area contributed by atoms with Crippen molar-refractivity contribution in [1.29, 1.82) is 0 Å². The SMILES string of the molecule is Cn1c(CC2=CC(N)CC2)nc2ccccc21. The summed E-state index contributed by atoms with van der Waals surface area (Å²) in [6, 6.07) is 8.51. The van der Waals surface area contributed by atoms with Gasteiger partial charge in [0.2, 0.25) is 0 Å². The van der Waals surface area contributed by atoms with Crippen LogP contribution >= 0.6 is 0 Å². The van der Waals surface area contributed by atoms with Crippen molar-refractivity contribution in [2.75, 3.05) is 0 Å². The van der Waals surface area contributed by atoms with Gasteiger partial charge < -0.3 is 10.3 Å². The van der Waals surface area contributed by atoms with Crippen LogP contribution in [0.15, 0.2) is 35.9 Å². The Kier molecular flexibility index (Phi) is 2.48. The van der Waals surface area contributed by atoms with Crippen molar-refractivity contribution in [3.8, 4) is 0 Å². The number of hydrogen-bond donors (Lipinski definition) is 1. The maximum absolute atomic E-state index is 5.89. The second kappa shape index (κ2) is 4.00. The van der Waals surface area contributed by atoms with Gasteiger partial charge >= 0.3 is 0 Å². The zero-order chi connectivity index (χ0) is 11.8. The van der Waals surface area contributed by atoms with E-state index in [4.69, 9.17) is 5.73 Å². The summed E-state index contributed by atoms with van der Waals surface area (Å²) in [7, 11) is 2.08. The van der Waals surface area contributed by atoms with Crippen molar-refractivity contribution in [3.63, 3.8) is 0 Å². The first-order valence-corrected chi connectivity index (χ1v) is 6.09. The van der Waals surface area contributed by atoms with Crippen LogP contribution in [-0.4, -0.2) is 15.6 Å². The summed E-state index contributed by atoms with van der Waals surface area (Å²) in [4.78, 5) is 4.68. The summed E-state index contributed by atoms with van der Waals surface area (Å²) in [6.45, 7) is 0. The Labute approximate surface area is 101 Å². The number of allylic oxidation sites excluding steroid dienone is 1. The van der Waals surface area contributed by atoms with E-state index < -0.39 is 0 Å². The van der Waals surface area contributed by atoms with Crippen molar-refractivity contribution in [1.82, 2.24) is 9.55 Å². The van der Waals surface area contributed by atoms with Crippen LogP contribution < -0.4 is 5.73 Å². The molecule has 1 heterocycles. The highest BCUT2D eigenvalue weighted by Crippen LogP contribution is 2.22. The highest BCUT2D eigenvalue weighted by atomic mass is 15.1. The van der Waals surface area contributed by atoms with Gasteiger partial charge in [0, 0.05) is 19.5 Å². The number of fused-ring (bicyclic) bond motifs is 1. The fourth-order valence-electron chi connectivity index (χ4n) is 2.53. The van der Waals surface area contributed by atoms with Gasteiger partial charge in [-0.3, -0.25) is 0 Å². The Bertz CT molecular complexity index is 580. The number of para-hydroxylation sites is 2. The van der Waals surface area contributed by atoms with Crippen molar-refractivity contribution in [2.45, 2.75) is 25.3 Å². The van der Waals surface area contributed by atoms with Crippen LogP contribution in [0.4, 0.5) is 0 Å². The van der Waals surface area contributed by atoms with Crippen LogP contribution in [0.5, 0.6) is 0 Å². The van der Waals surface area contributed by atoms with Crippen molar-refractivity contribution in [3.05, 3.63) is 41.7 Å². The predicted octanol–water partition coefficient (Wildman–Crippen LogP) is 2.16. The summed E-state index contributed by atoms with van der Waals surface area (Å²) in [5, 5.41) is 0. The Hall–Kier alpha value is -1.61. The molecule has 0 saturated carbocycles. The van der Waals surface area contributed by atoms with Gasteiger partial charge in [-0.2, -0.15) is 0 Å². The van der Waals surface area contributed by atoms with Gasteiger partial charge in [0.15, 0.2) is 0 Å². The highest BCUT2D eigenvalue weighted by Gasteiger charge is 2.15. The third-order valence-corrected chi connectivity index (χ3v) is 3.51. The molecule has 0 radical (unpaired) electrons. The van der Waals surface area contributed by atoms with Gasteiger partial charge in [0.25, 0.3) is 0 Å². The molecule has 1 aromatic heterocycles. The first-order chi connectivity index (χ1) is 8.24. The number of nitrogens with two attached hydrogens (primary N) is 1. The molecule has 0 spiro atoms. The Morgan fingerprint density at radius 3 is 2.94 bits per heavy atom. The number of rotatable bonds is 2. The van der Waals surface area contributed by atoms with E-state index >= 15 is 0 Å². The lowest BCUT2D eigenvalue weighted by Gasteiger charge is -2.02. The lowest BCUT2D eigenvalue weighted by molar-refractivity contribution is 0.760. The number of nitrogens with zero attached hydrogens (tertiary/aromatic N) is 2. The van der Waals surface area contributed by atoms with Crippen LogP contribution in [0, 0.1) is 0 Å². The molecule has 0 aliphatic heterocycles. The van der Waals surface area contributed by atoms with Crippen LogP contribution in [-0.2, 0) is 13.5 Å². The summed E-state index contributed by atoms with van der Waals surface area (Å²) in [6.07, 6.45) is 5.32. The number of aromatic nitrogens is 2. The first-order valence-electron chi connectivity index (χ1n) is 6.09. The van der Waals surface area contributed by atoms with Crippen molar-refractivity contribution >= 4 is 11.0 Å². The summed E-state index contributed by atoms with van der Waals surface area (Å²) >= 11 is 0. The molecular weight excluding hydrogens is 210 g/mol. The second-order valence-corrected chi connectivity index (χ2v) is 4.78. The van der Waals surface area contributed by atoms with Gasteiger partial charge in [-0.25, -0.2) is 4.98 Å². The van der Waals surface area contributed by atoms with Crippen LogP contribution in [0.3, 0.4) is 0 Å². The molecule has 88 valence electrons. The normalized spacial score (nSPS) is 19.9. The molecule has 1 aromatic carbocycles. The zero-order valence-electron chi connectivity index (χ0n) is 10.1. The summed E-state index contributed by atoms with van der Waals surface area (Å²) in [5.41, 5.74) is 9.59. The fourth-order valence-corrected chi connectivity index (χ4v) is 2.53. The molecule has 3 heteroatoms. The average molecular weight is 227 g/mol. The molecule has 1 atom stereocenters. The first kappa shape index (κ1) is 10.5. The maximum Gasteiger partial charge on any atom is 0.113 e. The molecule has 2 aromatic rings. The van der Waals surface area contributed by atoms with Crippen LogP contribution in [0.2, 0.25) is 0 Å². The molecule has 1 aliphatic rings. The number of imidazole rings is 1. The van der Waals surface area contributed by atoms with Crippen molar-refractivity contribution in [2.24, 2.45) is 12.8 Å². The standard InChI is InChI=1S/C14H17N3/c1-17-13-5-3-2-4-12(13)16-14(17)9-10-6-7-11(15)8-10/h2-5,8,11H,6-7,9,15H2,1H3. The molecule has 1 aliphatic carbocycles. The second-order valence-electron chi connectivity index (χ2n) is 4.78. The van der Waals surface area contributed by atoms with E-state index in [1.54, 1.807) is 0 Å². The minimum Gasteiger partial charge on any atom is -0.331 e. The summed E-state index contributed by atoms with van der Waals surface area (Å²) < 4.78 is 2.18. The lowest BCUT2D eigenvalue weighted by Crippen LogP contribution is -2.11. The van der Waals surface area contributed by atoms with Crippen molar-refractivity contribution < 1.29 is 0 Å². The molecule has 1 unspecified atom stereocenters. The van der Waals surface area contributed by atoms with Gasteiger partial charge in [-0.05, 0) is 25.0 Å². The number of aryl methyl sites for hydroxylation is 1. The zero-order valence-corrected chi connectivity index (χ0v) is 10.1. The quantitative estimate of drug-likeness (QED) is 0.799. The lowest BCUT2D eigenvalue weighted by atomic mass is 10.1. The van der Waals surface area contributed by atoms with E-state index in [0.29, 0.717) is 0 Å². The molecule has 0 saturated heterocycles. The minimum absolute atomic E-state index is 0.250. The number of benzene rings is 1. The minimum atomic E-state index is 0.250. The largest absolute Gasteiger partial charge is 0.331 e. The monoisotopic (exact) mass is 227 g/mol. The molecule has 2 N–H and O–H groups in total. The average Bonchev–Trinajstić information content (AvgIpc) is 2.86. The highest BCUT2D eigenvalue weighted by molar-refractivity contribution is 5.75. The maximum atomic E-state index is 5.89. The van der Waals surface area contributed by atoms with E-state index in [1.165, 1.54) is 11.1 Å². The molecule has 17 heavy (non-hydrogen) atoms. The molecule has 0 fully saturated rings. The van der Waals surface area contributed by atoms with Crippen LogP contribution in [0.25, 0.3) is 11.0 Å². The van der Waals surface area contributed by atoms with E-state index in [0.717, 1.165) is 30.6 Å².